The van der Waals surface area contributed by atoms with Gasteiger partial charge in [0.2, 0.25) is 6.79 Å². The van der Waals surface area contributed by atoms with Gasteiger partial charge in [-0.1, -0.05) is 33.1 Å². The summed E-state index contributed by atoms with van der Waals surface area (Å²) in [5, 5.41) is 3.18. The molecule has 10 heteroatoms. The number of fused-ring (bicyclic) bond motifs is 1. The molecule has 0 fully saturated rings. The van der Waals surface area contributed by atoms with Gasteiger partial charge in [-0.05, 0) is 59.0 Å². The molecule has 0 saturated heterocycles. The summed E-state index contributed by atoms with van der Waals surface area (Å²) < 4.78 is 46.3. The van der Waals surface area contributed by atoms with Crippen molar-refractivity contribution in [2.45, 2.75) is 20.0 Å². The van der Waals surface area contributed by atoms with E-state index in [2.05, 4.69) is 18.1 Å². The maximum absolute atomic E-state index is 13.0. The maximum Gasteiger partial charge on any atom is 0.416 e. The zero-order valence-electron chi connectivity index (χ0n) is 20.5. The molecule has 0 aliphatic heterocycles. The molecule has 194 valence electrons. The fourth-order valence-electron chi connectivity index (χ4n) is 3.42. The van der Waals surface area contributed by atoms with Crippen LogP contribution in [0.3, 0.4) is 0 Å². The zero-order chi connectivity index (χ0) is 27.2. The van der Waals surface area contributed by atoms with Gasteiger partial charge in [-0.25, -0.2) is 10.7 Å². The molecule has 7 nitrogen and oxygen atoms in total. The summed E-state index contributed by atoms with van der Waals surface area (Å²) in [6.07, 6.45) is 2.75. The van der Waals surface area contributed by atoms with Gasteiger partial charge >= 0.3 is 6.18 Å². The molecule has 2 aromatic heterocycles. The Balaban J connectivity index is 0.00000186. The minimum atomic E-state index is -4.54. The highest BCUT2D eigenvalue weighted by atomic mass is 19.4. The number of pyridine rings is 1. The molecule has 0 aliphatic rings. The first-order valence-electron chi connectivity index (χ1n) is 11.3. The van der Waals surface area contributed by atoms with Gasteiger partial charge in [0.25, 0.3) is 0 Å². The lowest BCUT2D eigenvalue weighted by Crippen LogP contribution is -2.33. The van der Waals surface area contributed by atoms with Crippen LogP contribution in [0.1, 0.15) is 19.4 Å². The lowest BCUT2D eigenvalue weighted by Gasteiger charge is -2.20. The van der Waals surface area contributed by atoms with E-state index in [-0.39, 0.29) is 18.2 Å². The highest BCUT2D eigenvalue weighted by Crippen LogP contribution is 2.34. The first-order valence-corrected chi connectivity index (χ1v) is 11.3. The minimum Gasteiger partial charge on any atom is -0.465 e. The van der Waals surface area contributed by atoms with Crippen molar-refractivity contribution in [3.8, 4) is 5.75 Å². The molecule has 0 unspecified atom stereocenters. The Morgan fingerprint density at radius 2 is 1.89 bits per heavy atom. The number of nitrogen functional groups attached to an aromatic ring is 1. The van der Waals surface area contributed by atoms with Crippen LogP contribution in [0.4, 0.5) is 24.5 Å². The molecule has 0 radical (unpaired) electrons. The molecule has 4 rings (SSSR count). The number of anilines is 2. The van der Waals surface area contributed by atoms with Gasteiger partial charge in [-0.3, -0.25) is 4.98 Å². The smallest absolute Gasteiger partial charge is 0.416 e. The number of benzene rings is 2. The number of hydrogen-bond acceptors (Lipinski definition) is 6. The average molecular weight is 512 g/mol. The van der Waals surface area contributed by atoms with Crippen molar-refractivity contribution in [3.05, 3.63) is 89.7 Å². The number of hydrazine groups is 1. The van der Waals surface area contributed by atoms with E-state index in [0.717, 1.165) is 40.0 Å². The van der Waals surface area contributed by atoms with E-state index < -0.39 is 11.7 Å². The molecule has 0 atom stereocenters. The highest BCUT2D eigenvalue weighted by Gasteiger charge is 2.31. The number of allylic oxidation sites excluding steroid dienone is 1. The Morgan fingerprint density at radius 1 is 1.14 bits per heavy atom. The van der Waals surface area contributed by atoms with E-state index >= 15 is 0 Å². The van der Waals surface area contributed by atoms with Crippen LogP contribution in [0.15, 0.2) is 73.7 Å². The number of nitrogens with two attached hydrogens (primary N) is 2. The molecule has 0 aliphatic carbocycles. The monoisotopic (exact) mass is 511 g/mol. The van der Waals surface area contributed by atoms with Crippen LogP contribution >= 0.6 is 0 Å². The van der Waals surface area contributed by atoms with Gasteiger partial charge in [-0.15, -0.1) is 0 Å². The summed E-state index contributed by atoms with van der Waals surface area (Å²) in [6, 6.07) is 11.9. The van der Waals surface area contributed by atoms with Crippen molar-refractivity contribution in [3.63, 3.8) is 0 Å². The molecular formula is C27H28F3N5O2. The van der Waals surface area contributed by atoms with Crippen LogP contribution in [0.25, 0.3) is 29.3 Å². The van der Waals surface area contributed by atoms with Crippen molar-refractivity contribution in [1.29, 1.82) is 0 Å². The number of nitrogens with zero attached hydrogens (tertiary/aromatic N) is 3. The summed E-state index contributed by atoms with van der Waals surface area (Å²) in [4.78, 5) is 9.35. The number of ether oxygens (including phenoxy) is 1. The van der Waals surface area contributed by atoms with Crippen LogP contribution in [-0.4, -0.2) is 16.3 Å². The summed E-state index contributed by atoms with van der Waals surface area (Å²) in [7, 11) is 0. The standard InChI is InChI=1S/C25H22F3N5O2.C2H6/c1-16-11-21(34-15-35-33(30)23-13-20(25(26,27)28)4-6-22(23)29)5-3-19(16)12-17(2)32-10-8-18-7-9-31-14-24(18)32;1-2/h3-14H,1-2,15,29-30H2;1-2H3/b19-12-;. The lowest BCUT2D eigenvalue weighted by atomic mass is 10.1. The summed E-state index contributed by atoms with van der Waals surface area (Å²) in [5.41, 5.74) is 6.37. The minimum absolute atomic E-state index is 0.0203. The van der Waals surface area contributed by atoms with E-state index in [1.165, 1.54) is 0 Å². The first-order chi connectivity index (χ1) is 17.6. The fourth-order valence-corrected chi connectivity index (χ4v) is 3.42. The second-order valence-electron chi connectivity index (χ2n) is 7.60. The van der Waals surface area contributed by atoms with Crippen LogP contribution in [0.2, 0.25) is 0 Å². The van der Waals surface area contributed by atoms with Crippen LogP contribution in [-0.2, 0) is 11.0 Å². The van der Waals surface area contributed by atoms with E-state index in [9.17, 15) is 13.2 Å². The Hall–Kier alpha value is -4.28. The molecular weight excluding hydrogens is 483 g/mol. The van der Waals surface area contributed by atoms with Gasteiger partial charge in [0.15, 0.2) is 0 Å². The fraction of sp³-hybridized carbons (Fsp3) is 0.148. The molecule has 37 heavy (non-hydrogen) atoms. The van der Waals surface area contributed by atoms with Crippen molar-refractivity contribution in [2.24, 2.45) is 5.84 Å². The van der Waals surface area contributed by atoms with Gasteiger partial charge in [-0.2, -0.15) is 18.3 Å². The molecule has 0 amide bonds. The molecule has 4 N–H and O–H groups in total. The second kappa shape index (κ2) is 11.6. The maximum atomic E-state index is 13.0. The summed E-state index contributed by atoms with van der Waals surface area (Å²) >= 11 is 0. The lowest BCUT2D eigenvalue weighted by molar-refractivity contribution is -0.137. The van der Waals surface area contributed by atoms with Crippen molar-refractivity contribution >= 4 is 40.6 Å². The van der Waals surface area contributed by atoms with Gasteiger partial charge in [0.05, 0.1) is 23.0 Å². The largest absolute Gasteiger partial charge is 0.465 e. The first kappa shape index (κ1) is 27.3. The van der Waals surface area contributed by atoms with E-state index in [0.29, 0.717) is 16.1 Å². The number of hydrogen-bond donors (Lipinski definition) is 2. The summed E-state index contributed by atoms with van der Waals surface area (Å²) in [6.45, 7) is 11.8. The number of halogens is 3. The zero-order valence-corrected chi connectivity index (χ0v) is 20.5. The number of rotatable bonds is 7. The quantitative estimate of drug-likeness (QED) is 0.162. The molecule has 2 aromatic carbocycles. The number of aromatic nitrogens is 2. The molecule has 4 aromatic rings. The van der Waals surface area contributed by atoms with Crippen molar-refractivity contribution in [2.75, 3.05) is 17.7 Å². The van der Waals surface area contributed by atoms with Crippen molar-refractivity contribution < 1.29 is 22.7 Å². The van der Waals surface area contributed by atoms with Gasteiger partial charge < -0.3 is 15.0 Å². The predicted octanol–water partition coefficient (Wildman–Crippen LogP) is 4.67. The third-order valence-electron chi connectivity index (χ3n) is 5.25. The Morgan fingerprint density at radius 3 is 2.59 bits per heavy atom. The van der Waals surface area contributed by atoms with Crippen LogP contribution in [0.5, 0.6) is 5.75 Å². The molecule has 0 saturated carbocycles. The average Bonchev–Trinajstić information content (AvgIpc) is 3.31. The van der Waals surface area contributed by atoms with Crippen LogP contribution < -0.4 is 31.9 Å². The Labute approximate surface area is 212 Å². The second-order valence-corrected chi connectivity index (χ2v) is 7.60. The van der Waals surface area contributed by atoms with Crippen molar-refractivity contribution in [1.82, 2.24) is 9.55 Å². The van der Waals surface area contributed by atoms with Gasteiger partial charge in [0.1, 0.15) is 11.4 Å². The normalized spacial score (nSPS) is 11.7. The highest BCUT2D eigenvalue weighted by molar-refractivity contribution is 5.87. The molecule has 0 bridgehead atoms. The van der Waals surface area contributed by atoms with Crippen LogP contribution in [0, 0.1) is 0 Å². The SMILES string of the molecule is C=C(/C=c1/ccc(OCON(N)c2cc(C(F)(F)F)ccc2N)cc1=C)n1ccc2ccncc21.CC. The Bertz CT molecular complexity index is 1500. The third kappa shape index (κ3) is 6.49. The molecule has 2 heterocycles. The Kier molecular flexibility index (Phi) is 8.59. The topological polar surface area (TPSA) is 91.6 Å². The van der Waals surface area contributed by atoms with E-state index in [1.54, 1.807) is 30.6 Å². The van der Waals surface area contributed by atoms with E-state index in [1.807, 2.05) is 42.8 Å². The van der Waals surface area contributed by atoms with E-state index in [4.69, 9.17) is 21.2 Å². The van der Waals surface area contributed by atoms with Gasteiger partial charge in [0, 0.05) is 23.5 Å². The molecule has 0 spiro atoms. The third-order valence-corrected chi connectivity index (χ3v) is 5.25. The predicted molar refractivity (Wildman–Crippen MR) is 141 cm³/mol. The number of alkyl halides is 3. The summed E-state index contributed by atoms with van der Waals surface area (Å²) in [5.74, 6) is 6.15.